The molecule has 1 aromatic rings. The van der Waals surface area contributed by atoms with Crippen molar-refractivity contribution in [1.82, 2.24) is 0 Å². The number of para-hydroxylation sites is 1. The number of anilines is 1. The van der Waals surface area contributed by atoms with E-state index in [9.17, 15) is 4.79 Å². The second-order valence-electron chi connectivity index (χ2n) is 4.33. The Hall–Kier alpha value is -1.06. The van der Waals surface area contributed by atoms with Gasteiger partial charge in [-0.05, 0) is 24.0 Å². The average Bonchev–Trinajstić information content (AvgIpc) is 2.72. The molecule has 1 saturated heterocycles. The summed E-state index contributed by atoms with van der Waals surface area (Å²) in [6, 6.07) is 7.72. The number of rotatable bonds is 4. The molecule has 3 nitrogen and oxygen atoms in total. The molecule has 1 aliphatic heterocycles. The molecule has 1 unspecified atom stereocenters. The molecule has 1 atom stereocenters. The molecule has 1 N–H and O–H groups in total. The number of aliphatic hydroxyl groups is 1. The molecule has 92 valence electrons. The van der Waals surface area contributed by atoms with Crippen LogP contribution in [0, 0.1) is 5.92 Å². The van der Waals surface area contributed by atoms with Crippen molar-refractivity contribution < 1.29 is 9.90 Å². The largest absolute Gasteiger partial charge is 0.396 e. The van der Waals surface area contributed by atoms with Crippen molar-refractivity contribution in [1.29, 1.82) is 0 Å². The van der Waals surface area contributed by atoms with Crippen LogP contribution < -0.4 is 4.90 Å². The molecule has 0 saturated carbocycles. The normalized spacial score (nSPS) is 20.0. The van der Waals surface area contributed by atoms with Crippen molar-refractivity contribution in [3.05, 3.63) is 29.8 Å². The van der Waals surface area contributed by atoms with Crippen LogP contribution in [0.25, 0.3) is 0 Å². The zero-order valence-electron chi connectivity index (χ0n) is 9.60. The van der Waals surface area contributed by atoms with Gasteiger partial charge in [0.15, 0.2) is 0 Å². The fourth-order valence-electron chi connectivity index (χ4n) is 2.22. The van der Waals surface area contributed by atoms with Crippen molar-refractivity contribution in [3.63, 3.8) is 0 Å². The minimum atomic E-state index is 0.0952. The van der Waals surface area contributed by atoms with Crippen molar-refractivity contribution in [3.8, 4) is 0 Å². The highest BCUT2D eigenvalue weighted by Crippen LogP contribution is 2.28. The zero-order valence-corrected chi connectivity index (χ0v) is 10.4. The number of amides is 1. The van der Waals surface area contributed by atoms with Gasteiger partial charge in [-0.3, -0.25) is 4.79 Å². The molecule has 0 aromatic heterocycles. The first-order chi connectivity index (χ1) is 8.26. The molecule has 0 bridgehead atoms. The van der Waals surface area contributed by atoms with E-state index < -0.39 is 0 Å². The summed E-state index contributed by atoms with van der Waals surface area (Å²) < 4.78 is 0. The predicted molar refractivity (Wildman–Crippen MR) is 68.4 cm³/mol. The Kier molecular flexibility index (Phi) is 4.02. The third-order valence-corrected chi connectivity index (χ3v) is 3.52. The second-order valence-corrected chi connectivity index (χ2v) is 4.64. The number of hydrogen-bond acceptors (Lipinski definition) is 2. The van der Waals surface area contributed by atoms with Gasteiger partial charge in [0.1, 0.15) is 0 Å². The molecule has 2 rings (SSSR count). The molecule has 0 spiro atoms. The van der Waals surface area contributed by atoms with Gasteiger partial charge >= 0.3 is 0 Å². The summed E-state index contributed by atoms with van der Waals surface area (Å²) in [5.41, 5.74) is 1.93. The number of hydrogen-bond donors (Lipinski definition) is 1. The first-order valence-electron chi connectivity index (χ1n) is 5.81. The molecular formula is C13H16ClNO2. The van der Waals surface area contributed by atoms with Gasteiger partial charge in [0, 0.05) is 31.1 Å². The van der Waals surface area contributed by atoms with Gasteiger partial charge in [0.25, 0.3) is 0 Å². The fraction of sp³-hybridized carbons (Fsp3) is 0.462. The van der Waals surface area contributed by atoms with E-state index in [1.54, 1.807) is 4.90 Å². The highest BCUT2D eigenvalue weighted by atomic mass is 35.5. The minimum Gasteiger partial charge on any atom is -0.396 e. The number of nitrogens with zero attached hydrogens (tertiary/aromatic N) is 1. The summed E-state index contributed by atoms with van der Waals surface area (Å²) >= 11 is 5.81. The third-order valence-electron chi connectivity index (χ3n) is 3.09. The lowest BCUT2D eigenvalue weighted by atomic mass is 10.1. The summed E-state index contributed by atoms with van der Waals surface area (Å²) in [4.78, 5) is 13.7. The molecule has 1 aliphatic rings. The topological polar surface area (TPSA) is 40.5 Å². The lowest BCUT2D eigenvalue weighted by Gasteiger charge is -2.20. The van der Waals surface area contributed by atoms with E-state index in [4.69, 9.17) is 16.7 Å². The molecular weight excluding hydrogens is 238 g/mol. The lowest BCUT2D eigenvalue weighted by Crippen LogP contribution is -2.26. The Morgan fingerprint density at radius 1 is 1.41 bits per heavy atom. The molecule has 0 radical (unpaired) electrons. The molecule has 0 aliphatic carbocycles. The summed E-state index contributed by atoms with van der Waals surface area (Å²) in [6.07, 6.45) is 1.10. The number of aliphatic hydroxyl groups excluding tert-OH is 1. The Labute approximate surface area is 106 Å². The van der Waals surface area contributed by atoms with Crippen molar-refractivity contribution in [2.24, 2.45) is 5.92 Å². The SMILES string of the molecule is O=C1CC(CCl)CN1c1ccccc1CCO. The van der Waals surface area contributed by atoms with Crippen LogP contribution in [-0.2, 0) is 11.2 Å². The van der Waals surface area contributed by atoms with Crippen LogP contribution in [-0.4, -0.2) is 30.0 Å². The maximum atomic E-state index is 11.9. The molecule has 4 heteroatoms. The number of carbonyl (C=O) groups is 1. The monoisotopic (exact) mass is 253 g/mol. The Bertz CT molecular complexity index is 408. The number of halogens is 1. The van der Waals surface area contributed by atoms with E-state index >= 15 is 0 Å². The second kappa shape index (κ2) is 5.52. The van der Waals surface area contributed by atoms with Gasteiger partial charge < -0.3 is 10.0 Å². The molecule has 1 aromatic carbocycles. The van der Waals surface area contributed by atoms with Crippen LogP contribution in [0.3, 0.4) is 0 Å². The predicted octanol–water partition coefficient (Wildman–Crippen LogP) is 1.81. The van der Waals surface area contributed by atoms with Crippen LogP contribution in [0.15, 0.2) is 24.3 Å². The van der Waals surface area contributed by atoms with E-state index in [2.05, 4.69) is 0 Å². The standard InChI is InChI=1S/C13H16ClNO2/c14-8-10-7-13(17)15(9-10)12-4-2-1-3-11(12)5-6-16/h1-4,10,16H,5-9H2. The quantitative estimate of drug-likeness (QED) is 0.832. The maximum absolute atomic E-state index is 11.9. The number of benzene rings is 1. The van der Waals surface area contributed by atoms with Gasteiger partial charge in [-0.2, -0.15) is 0 Å². The summed E-state index contributed by atoms with van der Waals surface area (Å²) in [5, 5.41) is 9.03. The van der Waals surface area contributed by atoms with Gasteiger partial charge in [-0.1, -0.05) is 18.2 Å². The smallest absolute Gasteiger partial charge is 0.227 e. The van der Waals surface area contributed by atoms with Crippen molar-refractivity contribution in [2.75, 3.05) is 23.9 Å². The van der Waals surface area contributed by atoms with Crippen LogP contribution in [0.2, 0.25) is 0 Å². The zero-order chi connectivity index (χ0) is 12.3. The van der Waals surface area contributed by atoms with Crippen LogP contribution in [0.5, 0.6) is 0 Å². The van der Waals surface area contributed by atoms with Crippen molar-refractivity contribution in [2.45, 2.75) is 12.8 Å². The highest BCUT2D eigenvalue weighted by Gasteiger charge is 2.30. The van der Waals surface area contributed by atoms with Gasteiger partial charge in [-0.15, -0.1) is 11.6 Å². The van der Waals surface area contributed by atoms with Crippen molar-refractivity contribution >= 4 is 23.2 Å². The first-order valence-corrected chi connectivity index (χ1v) is 6.34. The fourth-order valence-corrected chi connectivity index (χ4v) is 2.43. The van der Waals surface area contributed by atoms with Gasteiger partial charge in [0.05, 0.1) is 0 Å². The van der Waals surface area contributed by atoms with Gasteiger partial charge in [0.2, 0.25) is 5.91 Å². The Balaban J connectivity index is 2.25. The first kappa shape index (κ1) is 12.4. The van der Waals surface area contributed by atoms with E-state index in [0.29, 0.717) is 25.3 Å². The summed E-state index contributed by atoms with van der Waals surface area (Å²) in [5.74, 6) is 0.886. The number of carbonyl (C=O) groups excluding carboxylic acids is 1. The average molecular weight is 254 g/mol. The van der Waals surface area contributed by atoms with Crippen LogP contribution >= 0.6 is 11.6 Å². The third kappa shape index (κ3) is 2.61. The lowest BCUT2D eigenvalue weighted by molar-refractivity contribution is -0.117. The van der Waals surface area contributed by atoms with E-state index in [1.807, 2.05) is 24.3 Å². The van der Waals surface area contributed by atoms with E-state index in [-0.39, 0.29) is 18.4 Å². The van der Waals surface area contributed by atoms with E-state index in [1.165, 1.54) is 0 Å². The maximum Gasteiger partial charge on any atom is 0.227 e. The minimum absolute atomic E-state index is 0.0952. The summed E-state index contributed by atoms with van der Waals surface area (Å²) in [7, 11) is 0. The van der Waals surface area contributed by atoms with Gasteiger partial charge in [-0.25, -0.2) is 0 Å². The molecule has 17 heavy (non-hydrogen) atoms. The number of alkyl halides is 1. The molecule has 1 amide bonds. The Morgan fingerprint density at radius 2 is 2.18 bits per heavy atom. The molecule has 1 heterocycles. The van der Waals surface area contributed by atoms with Crippen LogP contribution in [0.4, 0.5) is 5.69 Å². The van der Waals surface area contributed by atoms with Crippen LogP contribution in [0.1, 0.15) is 12.0 Å². The Morgan fingerprint density at radius 3 is 2.82 bits per heavy atom. The molecule has 1 fully saturated rings. The van der Waals surface area contributed by atoms with E-state index in [0.717, 1.165) is 11.3 Å². The highest BCUT2D eigenvalue weighted by molar-refractivity contribution is 6.18. The summed E-state index contributed by atoms with van der Waals surface area (Å²) in [6.45, 7) is 0.781.